The summed E-state index contributed by atoms with van der Waals surface area (Å²) in [6.45, 7) is 3.87. The van der Waals surface area contributed by atoms with Gasteiger partial charge in [0.15, 0.2) is 0 Å². The van der Waals surface area contributed by atoms with E-state index in [1.165, 1.54) is 12.1 Å². The van der Waals surface area contributed by atoms with E-state index in [9.17, 15) is 18.0 Å². The summed E-state index contributed by atoms with van der Waals surface area (Å²) in [6, 6.07) is 4.23. The predicted octanol–water partition coefficient (Wildman–Crippen LogP) is 4.62. The molecule has 2 fully saturated rings. The molecule has 144 valence electrons. The Bertz CT molecular complexity index is 630. The van der Waals surface area contributed by atoms with Crippen molar-refractivity contribution in [1.29, 1.82) is 0 Å². The first-order valence-electron chi connectivity index (χ1n) is 9.48. The van der Waals surface area contributed by atoms with Gasteiger partial charge >= 0.3 is 12.1 Å². The van der Waals surface area contributed by atoms with Crippen molar-refractivity contribution >= 4 is 5.97 Å². The second-order valence-electron chi connectivity index (χ2n) is 7.33. The molecule has 1 aliphatic heterocycles. The number of carbonyl (C=O) groups excluding carboxylic acids is 1. The van der Waals surface area contributed by atoms with Crippen molar-refractivity contribution in [3.63, 3.8) is 0 Å². The van der Waals surface area contributed by atoms with Crippen LogP contribution in [0.15, 0.2) is 18.2 Å². The van der Waals surface area contributed by atoms with Crippen molar-refractivity contribution < 1.29 is 22.7 Å². The monoisotopic (exact) mass is 369 g/mol. The lowest BCUT2D eigenvalue weighted by atomic mass is 9.75. The minimum Gasteiger partial charge on any atom is -0.466 e. The zero-order chi connectivity index (χ0) is 18.7. The predicted molar refractivity (Wildman–Crippen MR) is 93.0 cm³/mol. The molecule has 0 bridgehead atoms. The average molecular weight is 369 g/mol. The topological polar surface area (TPSA) is 38.3 Å². The Morgan fingerprint density at radius 3 is 2.42 bits per heavy atom. The molecule has 3 rings (SSSR count). The lowest BCUT2D eigenvalue weighted by molar-refractivity contribution is -0.149. The molecule has 0 amide bonds. The number of ether oxygens (including phenoxy) is 1. The highest BCUT2D eigenvalue weighted by Crippen LogP contribution is 2.42. The van der Waals surface area contributed by atoms with Crippen LogP contribution >= 0.6 is 0 Å². The van der Waals surface area contributed by atoms with Crippen LogP contribution in [0.5, 0.6) is 0 Å². The number of hydrogen-bond donors (Lipinski definition) is 1. The van der Waals surface area contributed by atoms with E-state index in [4.69, 9.17) is 4.74 Å². The molecule has 0 aromatic heterocycles. The first-order chi connectivity index (χ1) is 12.4. The van der Waals surface area contributed by atoms with Gasteiger partial charge in [0.05, 0.1) is 18.1 Å². The highest BCUT2D eigenvalue weighted by Gasteiger charge is 2.35. The van der Waals surface area contributed by atoms with E-state index < -0.39 is 11.7 Å². The maximum absolute atomic E-state index is 13.2. The van der Waals surface area contributed by atoms with Gasteiger partial charge in [-0.3, -0.25) is 4.79 Å². The molecule has 1 aliphatic carbocycles. The smallest absolute Gasteiger partial charge is 0.416 e. The molecule has 1 heterocycles. The highest BCUT2D eigenvalue weighted by atomic mass is 19.4. The van der Waals surface area contributed by atoms with Crippen molar-refractivity contribution in [2.24, 2.45) is 5.92 Å². The molecular formula is C20H26F3NO2. The summed E-state index contributed by atoms with van der Waals surface area (Å²) in [5.74, 6) is 0.0671. The van der Waals surface area contributed by atoms with Gasteiger partial charge in [0.1, 0.15) is 0 Å². The number of benzene rings is 1. The molecule has 1 saturated heterocycles. The van der Waals surface area contributed by atoms with Gasteiger partial charge in [-0.15, -0.1) is 0 Å². The Balaban J connectivity index is 1.82. The van der Waals surface area contributed by atoms with E-state index in [1.807, 2.05) is 0 Å². The third-order valence-corrected chi connectivity index (χ3v) is 5.70. The van der Waals surface area contributed by atoms with E-state index in [1.54, 1.807) is 13.0 Å². The molecule has 26 heavy (non-hydrogen) atoms. The second-order valence-corrected chi connectivity index (χ2v) is 7.33. The standard InChI is InChI=1S/C20H26F3NO2/c1-2-26-19(25)14-5-3-13(4-6-14)18-11-16(20(21,22)23)7-8-17(18)15-9-10-24-12-15/h7-8,11,13-15,24H,2-6,9-10,12H2,1H3. The van der Waals surface area contributed by atoms with E-state index in [0.717, 1.165) is 43.5 Å². The SMILES string of the molecule is CCOC(=O)C1CCC(c2cc(C(F)(F)F)ccc2C2CCNC2)CC1. The zero-order valence-electron chi connectivity index (χ0n) is 15.1. The van der Waals surface area contributed by atoms with Crippen LogP contribution in [0.3, 0.4) is 0 Å². The third-order valence-electron chi connectivity index (χ3n) is 5.70. The Labute approximate surface area is 152 Å². The highest BCUT2D eigenvalue weighted by molar-refractivity contribution is 5.72. The summed E-state index contributed by atoms with van der Waals surface area (Å²) >= 11 is 0. The summed E-state index contributed by atoms with van der Waals surface area (Å²) in [6.07, 6.45) is -0.542. The molecule has 6 heteroatoms. The molecule has 1 unspecified atom stereocenters. The van der Waals surface area contributed by atoms with Gasteiger partial charge in [-0.05, 0) is 80.7 Å². The van der Waals surface area contributed by atoms with E-state index >= 15 is 0 Å². The number of alkyl halides is 3. The fourth-order valence-corrected chi connectivity index (χ4v) is 4.30. The Morgan fingerprint density at radius 2 is 1.85 bits per heavy atom. The number of carbonyl (C=O) groups is 1. The summed E-state index contributed by atoms with van der Waals surface area (Å²) in [4.78, 5) is 11.9. The average Bonchev–Trinajstić information content (AvgIpc) is 3.15. The summed E-state index contributed by atoms with van der Waals surface area (Å²) in [5, 5.41) is 3.30. The molecule has 1 atom stereocenters. The van der Waals surface area contributed by atoms with Crippen molar-refractivity contribution in [2.75, 3.05) is 19.7 Å². The number of rotatable bonds is 4. The number of halogens is 3. The van der Waals surface area contributed by atoms with Crippen molar-refractivity contribution in [3.8, 4) is 0 Å². The largest absolute Gasteiger partial charge is 0.466 e. The minimum atomic E-state index is -4.33. The summed E-state index contributed by atoms with van der Waals surface area (Å²) < 4.78 is 44.8. The van der Waals surface area contributed by atoms with Crippen molar-refractivity contribution in [1.82, 2.24) is 5.32 Å². The molecule has 1 aromatic carbocycles. The molecule has 1 aromatic rings. The number of esters is 1. The zero-order valence-corrected chi connectivity index (χ0v) is 15.1. The quantitative estimate of drug-likeness (QED) is 0.787. The van der Waals surface area contributed by atoms with Crippen LogP contribution < -0.4 is 5.32 Å². The Morgan fingerprint density at radius 1 is 1.12 bits per heavy atom. The van der Waals surface area contributed by atoms with Crippen LogP contribution in [0.1, 0.15) is 67.6 Å². The van der Waals surface area contributed by atoms with Gasteiger partial charge in [0.2, 0.25) is 0 Å². The van der Waals surface area contributed by atoms with Crippen LogP contribution in [-0.4, -0.2) is 25.7 Å². The van der Waals surface area contributed by atoms with Crippen molar-refractivity contribution in [3.05, 3.63) is 34.9 Å². The van der Waals surface area contributed by atoms with Gasteiger partial charge in [0, 0.05) is 6.54 Å². The lowest BCUT2D eigenvalue weighted by Crippen LogP contribution is -2.24. The van der Waals surface area contributed by atoms with Gasteiger partial charge in [-0.1, -0.05) is 6.07 Å². The fraction of sp³-hybridized carbons (Fsp3) is 0.650. The molecule has 1 saturated carbocycles. The van der Waals surface area contributed by atoms with E-state index in [2.05, 4.69) is 5.32 Å². The third kappa shape index (κ3) is 4.22. The maximum atomic E-state index is 13.2. The number of nitrogens with one attached hydrogen (secondary N) is 1. The second kappa shape index (κ2) is 7.99. The van der Waals surface area contributed by atoms with Gasteiger partial charge < -0.3 is 10.1 Å². The molecule has 0 radical (unpaired) electrons. The Hall–Kier alpha value is -1.56. The molecule has 2 aliphatic rings. The summed E-state index contributed by atoms with van der Waals surface area (Å²) in [5.41, 5.74) is 1.30. The van der Waals surface area contributed by atoms with Crippen molar-refractivity contribution in [2.45, 2.75) is 57.0 Å². The van der Waals surface area contributed by atoms with E-state index in [-0.39, 0.29) is 23.7 Å². The van der Waals surface area contributed by atoms with Gasteiger partial charge in [-0.25, -0.2) is 0 Å². The minimum absolute atomic E-state index is 0.0820. The first kappa shape index (κ1) is 19.2. The maximum Gasteiger partial charge on any atom is 0.416 e. The molecule has 1 N–H and O–H groups in total. The van der Waals surface area contributed by atoms with Crippen LogP contribution in [0.2, 0.25) is 0 Å². The first-order valence-corrected chi connectivity index (χ1v) is 9.48. The molecular weight excluding hydrogens is 343 g/mol. The normalized spacial score (nSPS) is 26.7. The molecule has 3 nitrogen and oxygen atoms in total. The van der Waals surface area contributed by atoms with Crippen LogP contribution in [0.4, 0.5) is 13.2 Å². The van der Waals surface area contributed by atoms with Gasteiger partial charge in [0.25, 0.3) is 0 Å². The number of hydrogen-bond acceptors (Lipinski definition) is 3. The van der Waals surface area contributed by atoms with E-state index in [0.29, 0.717) is 19.4 Å². The van der Waals surface area contributed by atoms with Crippen LogP contribution in [0.25, 0.3) is 0 Å². The van der Waals surface area contributed by atoms with Crippen LogP contribution in [-0.2, 0) is 15.7 Å². The fourth-order valence-electron chi connectivity index (χ4n) is 4.30. The van der Waals surface area contributed by atoms with Gasteiger partial charge in [-0.2, -0.15) is 13.2 Å². The molecule has 0 spiro atoms. The Kier molecular flexibility index (Phi) is 5.90. The lowest BCUT2D eigenvalue weighted by Gasteiger charge is -2.30. The summed E-state index contributed by atoms with van der Waals surface area (Å²) in [7, 11) is 0. The van der Waals surface area contributed by atoms with Crippen LogP contribution in [0, 0.1) is 5.92 Å².